The van der Waals surface area contributed by atoms with Gasteiger partial charge >= 0.3 is 0 Å². The number of hydrogen-bond acceptors (Lipinski definition) is 2. The van der Waals surface area contributed by atoms with Crippen LogP contribution in [0.25, 0.3) is 0 Å². The standard InChI is InChI=1S/C30H48NO2/c1-31(2,25-17-7-3-5-9-19-27-32-29-21-13-11-14-22-29)26-18-8-4-6-10-20-28-33-30-23-15-12-16-24-30/h11-16,21-24H,3-10,17-20,25-28H2,1-2H3/q+1. The first-order chi connectivity index (χ1) is 16.2. The van der Waals surface area contributed by atoms with Gasteiger partial charge in [-0.05, 0) is 62.8 Å². The molecule has 0 saturated carbocycles. The van der Waals surface area contributed by atoms with Crippen molar-refractivity contribution in [3.8, 4) is 11.5 Å². The predicted octanol–water partition coefficient (Wildman–Crippen LogP) is 7.90. The Morgan fingerprint density at radius 2 is 0.788 bits per heavy atom. The molecule has 0 unspecified atom stereocenters. The zero-order chi connectivity index (χ0) is 23.5. The van der Waals surface area contributed by atoms with Crippen molar-refractivity contribution in [2.75, 3.05) is 40.4 Å². The summed E-state index contributed by atoms with van der Waals surface area (Å²) in [5.74, 6) is 1.98. The molecule has 0 spiro atoms. The highest BCUT2D eigenvalue weighted by atomic mass is 16.5. The molecule has 3 heteroatoms. The van der Waals surface area contributed by atoms with Crippen LogP contribution in [0.5, 0.6) is 11.5 Å². The van der Waals surface area contributed by atoms with Crippen molar-refractivity contribution in [1.29, 1.82) is 0 Å². The first kappa shape index (κ1) is 27.2. The molecule has 0 radical (unpaired) electrons. The van der Waals surface area contributed by atoms with E-state index in [4.69, 9.17) is 9.47 Å². The largest absolute Gasteiger partial charge is 0.494 e. The van der Waals surface area contributed by atoms with Crippen molar-refractivity contribution >= 4 is 0 Å². The Hall–Kier alpha value is -2.00. The van der Waals surface area contributed by atoms with E-state index in [1.165, 1.54) is 81.8 Å². The fourth-order valence-corrected chi connectivity index (χ4v) is 4.22. The molecule has 33 heavy (non-hydrogen) atoms. The SMILES string of the molecule is C[N+](C)(CCCCCCCCOc1ccccc1)CCCCCCCCOc1ccccc1. The van der Waals surface area contributed by atoms with Gasteiger partial charge in [0, 0.05) is 0 Å². The van der Waals surface area contributed by atoms with E-state index in [1.54, 1.807) is 0 Å². The number of quaternary nitrogens is 1. The lowest BCUT2D eigenvalue weighted by Gasteiger charge is -2.30. The van der Waals surface area contributed by atoms with Crippen LogP contribution in [-0.4, -0.2) is 44.9 Å². The van der Waals surface area contributed by atoms with Crippen LogP contribution in [-0.2, 0) is 0 Å². The van der Waals surface area contributed by atoms with Gasteiger partial charge in [0.1, 0.15) is 11.5 Å². The Bertz CT molecular complexity index is 627. The summed E-state index contributed by atoms with van der Waals surface area (Å²) in [7, 11) is 4.81. The molecule has 0 amide bonds. The van der Waals surface area contributed by atoms with Crippen LogP contribution >= 0.6 is 0 Å². The van der Waals surface area contributed by atoms with E-state index < -0.39 is 0 Å². The summed E-state index contributed by atoms with van der Waals surface area (Å²) in [6, 6.07) is 20.3. The molecule has 0 atom stereocenters. The van der Waals surface area contributed by atoms with Gasteiger partial charge in [-0.1, -0.05) is 74.9 Å². The summed E-state index contributed by atoms with van der Waals surface area (Å²) in [5.41, 5.74) is 0. The number of nitrogens with zero attached hydrogens (tertiary/aromatic N) is 1. The third-order valence-electron chi connectivity index (χ3n) is 6.34. The average Bonchev–Trinajstić information content (AvgIpc) is 2.83. The Balaban J connectivity index is 1.32. The average molecular weight is 455 g/mol. The van der Waals surface area contributed by atoms with Crippen LogP contribution in [0.15, 0.2) is 60.7 Å². The summed E-state index contributed by atoms with van der Waals surface area (Å²) < 4.78 is 12.7. The monoisotopic (exact) mass is 454 g/mol. The lowest BCUT2D eigenvalue weighted by molar-refractivity contribution is -0.890. The van der Waals surface area contributed by atoms with Crippen LogP contribution in [0, 0.1) is 0 Å². The van der Waals surface area contributed by atoms with Gasteiger partial charge in [0.25, 0.3) is 0 Å². The number of para-hydroxylation sites is 2. The minimum atomic E-state index is 0.843. The zero-order valence-corrected chi connectivity index (χ0v) is 21.4. The molecular weight excluding hydrogens is 406 g/mol. The molecule has 0 N–H and O–H groups in total. The van der Waals surface area contributed by atoms with Crippen LogP contribution in [0.3, 0.4) is 0 Å². The molecule has 0 aliphatic carbocycles. The molecule has 0 bridgehead atoms. The molecule has 0 aliphatic rings. The first-order valence-electron chi connectivity index (χ1n) is 13.3. The fraction of sp³-hybridized carbons (Fsp3) is 0.600. The number of unbranched alkanes of at least 4 members (excludes halogenated alkanes) is 10. The highest BCUT2D eigenvalue weighted by Crippen LogP contribution is 2.14. The molecule has 2 aromatic carbocycles. The summed E-state index contributed by atoms with van der Waals surface area (Å²) in [6.45, 7) is 4.31. The summed E-state index contributed by atoms with van der Waals surface area (Å²) in [5, 5.41) is 0. The van der Waals surface area contributed by atoms with Crippen LogP contribution < -0.4 is 9.47 Å². The van der Waals surface area contributed by atoms with Gasteiger partial charge in [-0.3, -0.25) is 0 Å². The maximum atomic E-state index is 5.77. The molecular formula is C30H48NO2+. The third-order valence-corrected chi connectivity index (χ3v) is 6.34. The lowest BCUT2D eigenvalue weighted by atomic mass is 10.1. The second-order valence-electron chi connectivity index (χ2n) is 9.95. The van der Waals surface area contributed by atoms with Crippen LogP contribution in [0.1, 0.15) is 77.0 Å². The van der Waals surface area contributed by atoms with Crippen molar-refractivity contribution in [1.82, 2.24) is 0 Å². The fourth-order valence-electron chi connectivity index (χ4n) is 4.22. The smallest absolute Gasteiger partial charge is 0.119 e. The summed E-state index contributed by atoms with van der Waals surface area (Å²) in [6.07, 6.45) is 15.7. The molecule has 0 aliphatic heterocycles. The molecule has 0 heterocycles. The van der Waals surface area contributed by atoms with Gasteiger partial charge in [0.2, 0.25) is 0 Å². The molecule has 3 nitrogen and oxygen atoms in total. The maximum Gasteiger partial charge on any atom is 0.119 e. The normalized spacial score (nSPS) is 11.5. The number of benzene rings is 2. The van der Waals surface area contributed by atoms with Crippen LogP contribution in [0.4, 0.5) is 0 Å². The predicted molar refractivity (Wildman–Crippen MR) is 141 cm³/mol. The van der Waals surface area contributed by atoms with E-state index in [-0.39, 0.29) is 0 Å². The Morgan fingerprint density at radius 3 is 1.18 bits per heavy atom. The minimum Gasteiger partial charge on any atom is -0.494 e. The van der Waals surface area contributed by atoms with Crippen molar-refractivity contribution in [3.05, 3.63) is 60.7 Å². The Morgan fingerprint density at radius 1 is 0.455 bits per heavy atom. The molecule has 0 fully saturated rings. The summed E-state index contributed by atoms with van der Waals surface area (Å²) in [4.78, 5) is 0. The lowest BCUT2D eigenvalue weighted by Crippen LogP contribution is -2.41. The second kappa shape index (κ2) is 17.5. The van der Waals surface area contributed by atoms with Crippen molar-refractivity contribution < 1.29 is 14.0 Å². The molecule has 2 aromatic rings. The second-order valence-corrected chi connectivity index (χ2v) is 9.95. The van der Waals surface area contributed by atoms with E-state index in [0.717, 1.165) is 37.6 Å². The van der Waals surface area contributed by atoms with E-state index in [0.29, 0.717) is 0 Å². The van der Waals surface area contributed by atoms with Crippen molar-refractivity contribution in [2.24, 2.45) is 0 Å². The summed E-state index contributed by atoms with van der Waals surface area (Å²) >= 11 is 0. The van der Waals surface area contributed by atoms with Gasteiger partial charge in [-0.25, -0.2) is 0 Å². The van der Waals surface area contributed by atoms with E-state index in [1.807, 2.05) is 60.7 Å². The highest BCUT2D eigenvalue weighted by molar-refractivity contribution is 5.21. The Labute approximate surface area is 203 Å². The van der Waals surface area contributed by atoms with Gasteiger partial charge in [0.05, 0.1) is 40.4 Å². The molecule has 2 rings (SSSR count). The third kappa shape index (κ3) is 14.7. The molecule has 0 saturated heterocycles. The maximum absolute atomic E-state index is 5.77. The molecule has 184 valence electrons. The van der Waals surface area contributed by atoms with Crippen molar-refractivity contribution in [2.45, 2.75) is 77.0 Å². The number of rotatable bonds is 20. The van der Waals surface area contributed by atoms with E-state index >= 15 is 0 Å². The quantitative estimate of drug-likeness (QED) is 0.149. The topological polar surface area (TPSA) is 18.5 Å². The molecule has 0 aromatic heterocycles. The first-order valence-corrected chi connectivity index (χ1v) is 13.3. The number of ether oxygens (including phenoxy) is 2. The van der Waals surface area contributed by atoms with Crippen molar-refractivity contribution in [3.63, 3.8) is 0 Å². The zero-order valence-electron chi connectivity index (χ0n) is 21.4. The van der Waals surface area contributed by atoms with E-state index in [2.05, 4.69) is 14.1 Å². The van der Waals surface area contributed by atoms with Gasteiger partial charge in [0.15, 0.2) is 0 Å². The number of hydrogen-bond donors (Lipinski definition) is 0. The van der Waals surface area contributed by atoms with Gasteiger partial charge in [-0.2, -0.15) is 0 Å². The Kier molecular flexibility index (Phi) is 14.4. The van der Waals surface area contributed by atoms with E-state index in [9.17, 15) is 0 Å². The van der Waals surface area contributed by atoms with Gasteiger partial charge < -0.3 is 14.0 Å². The highest BCUT2D eigenvalue weighted by Gasteiger charge is 2.13. The minimum absolute atomic E-state index is 0.843. The van der Waals surface area contributed by atoms with Gasteiger partial charge in [-0.15, -0.1) is 0 Å². The van der Waals surface area contributed by atoms with Crippen LogP contribution in [0.2, 0.25) is 0 Å².